The van der Waals surface area contributed by atoms with Crippen LogP contribution in [0.1, 0.15) is 19.8 Å². The number of ether oxygens (including phenoxy) is 1. The molecule has 78 valence electrons. The third kappa shape index (κ3) is 1.56. The van der Waals surface area contributed by atoms with E-state index >= 15 is 0 Å². The van der Waals surface area contributed by atoms with E-state index in [1.165, 1.54) is 0 Å². The van der Waals surface area contributed by atoms with E-state index in [9.17, 15) is 4.39 Å². The van der Waals surface area contributed by atoms with Crippen LogP contribution in [0.3, 0.4) is 0 Å². The number of halogens is 3. The molecule has 6 atom stereocenters. The van der Waals surface area contributed by atoms with Crippen LogP contribution in [0.25, 0.3) is 0 Å². The molecule has 5 heteroatoms. The van der Waals surface area contributed by atoms with Crippen molar-refractivity contribution in [1.82, 2.24) is 0 Å². The molecule has 0 aromatic heterocycles. The van der Waals surface area contributed by atoms with Crippen molar-refractivity contribution in [2.75, 3.05) is 0 Å². The highest BCUT2D eigenvalue weighted by atomic mass is 127. The summed E-state index contributed by atoms with van der Waals surface area (Å²) in [6.07, 6.45) is 0.984. The van der Waals surface area contributed by atoms with E-state index in [2.05, 4.69) is 52.1 Å². The van der Waals surface area contributed by atoms with E-state index in [1.54, 1.807) is 0 Å². The minimum Gasteiger partial charge on any atom is -0.379 e. The number of hydrogen-bond acceptors (Lipinski definition) is 1. The highest BCUT2D eigenvalue weighted by Crippen LogP contribution is 2.55. The zero-order valence-corrected chi connectivity index (χ0v) is 12.2. The average molecular weight is 420 g/mol. The highest BCUT2D eigenvalue weighted by molar-refractivity contribution is 14.1. The maximum absolute atomic E-state index is 13.9. The molecule has 2 radical (unpaired) electrons. The van der Waals surface area contributed by atoms with Crippen LogP contribution in [-0.2, 0) is 4.74 Å². The average Bonchev–Trinajstić information content (AvgIpc) is 2.52. The van der Waals surface area contributed by atoms with Crippen molar-refractivity contribution >= 4 is 53.0 Å². The molecule has 0 bridgehead atoms. The van der Waals surface area contributed by atoms with Crippen molar-refractivity contribution in [2.45, 2.75) is 45.4 Å². The van der Waals surface area contributed by atoms with E-state index in [0.29, 0.717) is 9.84 Å². The minimum atomic E-state index is -1.01. The summed E-state index contributed by atoms with van der Waals surface area (Å²) in [6.45, 7) is 2.16. The summed E-state index contributed by atoms with van der Waals surface area (Å²) in [6, 6.07) is -0.716. The Morgan fingerprint density at radius 3 is 2.79 bits per heavy atom. The van der Waals surface area contributed by atoms with Crippen molar-refractivity contribution in [3.05, 3.63) is 0 Å². The monoisotopic (exact) mass is 420 g/mol. The van der Waals surface area contributed by atoms with Gasteiger partial charge in [-0.2, -0.15) is 0 Å². The Morgan fingerprint density at radius 2 is 2.29 bits per heavy atom. The molecule has 1 aliphatic carbocycles. The third-order valence-electron chi connectivity index (χ3n) is 3.36. The predicted octanol–water partition coefficient (Wildman–Crippen LogP) is 2.63. The van der Waals surface area contributed by atoms with Crippen molar-refractivity contribution in [3.63, 3.8) is 0 Å². The molecule has 14 heavy (non-hydrogen) atoms. The van der Waals surface area contributed by atoms with Gasteiger partial charge in [-0.05, 0) is 12.3 Å². The molecule has 0 N–H and O–H groups in total. The van der Waals surface area contributed by atoms with Gasteiger partial charge in [0.25, 0.3) is 0 Å². The Bertz CT molecular complexity index is 243. The van der Waals surface area contributed by atoms with E-state index in [-0.39, 0.29) is 9.53 Å². The van der Waals surface area contributed by atoms with Gasteiger partial charge >= 0.3 is 0 Å². The van der Waals surface area contributed by atoms with Crippen molar-refractivity contribution in [1.29, 1.82) is 0 Å². The first-order chi connectivity index (χ1) is 6.50. The van der Waals surface area contributed by atoms with Crippen LogP contribution in [0.2, 0.25) is 0 Å². The standard InChI is InChI=1S/C9H12BFI2O/c1-2-4-3-9(13)6(11)8(10)14-7(9)5(4)12/h4-8H,2-3H2,1H3/t4-,5+,6+,7+,8+,9-/m0/s1. The van der Waals surface area contributed by atoms with Crippen LogP contribution >= 0.6 is 45.2 Å². The fourth-order valence-electron chi connectivity index (χ4n) is 2.48. The second-order valence-corrected chi connectivity index (χ2v) is 7.61. The summed E-state index contributed by atoms with van der Waals surface area (Å²) >= 11 is 4.62. The Labute approximate surface area is 113 Å². The molecule has 2 rings (SSSR count). The second-order valence-electron chi connectivity index (χ2n) is 4.17. The number of rotatable bonds is 1. The van der Waals surface area contributed by atoms with Gasteiger partial charge in [0.1, 0.15) is 14.0 Å². The zero-order chi connectivity index (χ0) is 10.5. The van der Waals surface area contributed by atoms with E-state index in [0.717, 1.165) is 12.8 Å². The molecule has 0 aromatic carbocycles. The lowest BCUT2D eigenvalue weighted by molar-refractivity contribution is 0.0770. The summed E-state index contributed by atoms with van der Waals surface area (Å²) in [5.41, 5.74) is 0. The molecule has 0 unspecified atom stereocenters. The number of alkyl halides is 3. The molecule has 0 amide bonds. The van der Waals surface area contributed by atoms with Crippen LogP contribution in [0.5, 0.6) is 0 Å². The molecular formula is C9H12BFI2O. The van der Waals surface area contributed by atoms with E-state index < -0.39 is 12.2 Å². The van der Waals surface area contributed by atoms with Gasteiger partial charge in [0.15, 0.2) is 0 Å². The highest BCUT2D eigenvalue weighted by Gasteiger charge is 2.62. The summed E-state index contributed by atoms with van der Waals surface area (Å²) in [4.78, 5) is 0. The lowest BCUT2D eigenvalue weighted by Crippen LogP contribution is -2.37. The van der Waals surface area contributed by atoms with Gasteiger partial charge in [-0.15, -0.1) is 0 Å². The topological polar surface area (TPSA) is 9.23 Å². The van der Waals surface area contributed by atoms with E-state index in [4.69, 9.17) is 12.6 Å². The number of hydrogen-bond donors (Lipinski definition) is 0. The van der Waals surface area contributed by atoms with E-state index in [1.807, 2.05) is 0 Å². The van der Waals surface area contributed by atoms with Gasteiger partial charge in [-0.3, -0.25) is 0 Å². The largest absolute Gasteiger partial charge is 0.379 e. The first-order valence-electron chi connectivity index (χ1n) is 4.88. The molecule has 2 fully saturated rings. The Morgan fingerprint density at radius 1 is 1.64 bits per heavy atom. The SMILES string of the molecule is [B][C@@H]1O[C@@H]2[C@H](I)[C@@H](CC)C[C@]2(I)[C@@H]1F. The lowest BCUT2D eigenvalue weighted by Gasteiger charge is -2.22. The molecule has 2 aliphatic rings. The van der Waals surface area contributed by atoms with Gasteiger partial charge in [0.2, 0.25) is 0 Å². The molecule has 1 aliphatic heterocycles. The minimum absolute atomic E-state index is 0.00125. The summed E-state index contributed by atoms with van der Waals surface area (Å²) in [5, 5.41) is 0. The Balaban J connectivity index is 2.23. The van der Waals surface area contributed by atoms with Gasteiger partial charge in [-0.1, -0.05) is 58.5 Å². The third-order valence-corrected chi connectivity index (χ3v) is 6.68. The first kappa shape index (κ1) is 11.9. The van der Waals surface area contributed by atoms with Crippen LogP contribution < -0.4 is 0 Å². The van der Waals surface area contributed by atoms with Gasteiger partial charge in [-0.25, -0.2) is 4.39 Å². The second kappa shape index (κ2) is 4.02. The zero-order valence-electron chi connectivity index (χ0n) is 7.92. The maximum Gasteiger partial charge on any atom is 0.135 e. The van der Waals surface area contributed by atoms with Gasteiger partial charge in [0, 0.05) is 9.93 Å². The number of fused-ring (bicyclic) bond motifs is 1. The molecule has 1 saturated carbocycles. The molecule has 0 aromatic rings. The summed E-state index contributed by atoms with van der Waals surface area (Å²) in [5.74, 6) is 0.572. The van der Waals surface area contributed by atoms with Crippen LogP contribution in [0, 0.1) is 5.92 Å². The smallest absolute Gasteiger partial charge is 0.135 e. The quantitative estimate of drug-likeness (QED) is 0.361. The molecular weight excluding hydrogens is 408 g/mol. The molecule has 0 spiro atoms. The predicted molar refractivity (Wildman–Crippen MR) is 72.3 cm³/mol. The van der Waals surface area contributed by atoms with Crippen LogP contribution in [0.4, 0.5) is 4.39 Å². The fourth-order valence-corrected chi connectivity index (χ4v) is 6.20. The summed E-state index contributed by atoms with van der Waals surface area (Å²) < 4.78 is 19.4. The molecule has 1 heterocycles. The van der Waals surface area contributed by atoms with Crippen LogP contribution in [0.15, 0.2) is 0 Å². The Kier molecular flexibility index (Phi) is 3.41. The van der Waals surface area contributed by atoms with Crippen molar-refractivity contribution in [3.8, 4) is 0 Å². The van der Waals surface area contributed by atoms with Gasteiger partial charge < -0.3 is 4.74 Å². The fraction of sp³-hybridized carbons (Fsp3) is 1.00. The first-order valence-corrected chi connectivity index (χ1v) is 7.21. The van der Waals surface area contributed by atoms with Gasteiger partial charge in [0.05, 0.1) is 9.53 Å². The maximum atomic E-state index is 13.9. The lowest BCUT2D eigenvalue weighted by atomic mass is 9.88. The Hall–Kier alpha value is 1.41. The van der Waals surface area contributed by atoms with Crippen molar-refractivity contribution < 1.29 is 9.13 Å². The normalized spacial score (nSPS) is 57.6. The van der Waals surface area contributed by atoms with Crippen molar-refractivity contribution in [2.24, 2.45) is 5.92 Å². The molecule has 1 saturated heterocycles. The molecule has 1 nitrogen and oxygen atoms in total. The summed E-state index contributed by atoms with van der Waals surface area (Å²) in [7, 11) is 5.60. The van der Waals surface area contributed by atoms with Crippen LogP contribution in [-0.4, -0.2) is 33.5 Å².